The van der Waals surface area contributed by atoms with Crippen molar-refractivity contribution < 1.29 is 13.2 Å². The average Bonchev–Trinajstić information content (AvgIpc) is 2.63. The molecule has 0 spiro atoms. The fourth-order valence-electron chi connectivity index (χ4n) is 1.45. The summed E-state index contributed by atoms with van der Waals surface area (Å²) in [5, 5.41) is 0. The fraction of sp³-hybridized carbons (Fsp3) is 0.182. The summed E-state index contributed by atoms with van der Waals surface area (Å²) in [6.45, 7) is 0. The van der Waals surface area contributed by atoms with Crippen molar-refractivity contribution in [2.24, 2.45) is 7.05 Å². The van der Waals surface area contributed by atoms with Crippen LogP contribution in [0.3, 0.4) is 0 Å². The maximum Gasteiger partial charge on any atom is 0.416 e. The number of aromatic nitrogens is 2. The molecule has 0 aliphatic rings. The Labute approximate surface area is 90.4 Å². The normalized spacial score (nSPS) is 11.8. The van der Waals surface area contributed by atoms with Crippen LogP contribution < -0.4 is 0 Å². The number of rotatable bonds is 1. The van der Waals surface area contributed by atoms with E-state index in [1.54, 1.807) is 24.0 Å². The zero-order valence-corrected chi connectivity index (χ0v) is 8.49. The molecule has 0 unspecified atom stereocenters. The zero-order valence-electron chi connectivity index (χ0n) is 8.49. The van der Waals surface area contributed by atoms with E-state index < -0.39 is 11.7 Å². The van der Waals surface area contributed by atoms with Gasteiger partial charge >= 0.3 is 6.18 Å². The molecule has 84 valence electrons. The van der Waals surface area contributed by atoms with Gasteiger partial charge in [0.05, 0.1) is 5.56 Å². The molecule has 0 N–H and O–H groups in total. The lowest BCUT2D eigenvalue weighted by molar-refractivity contribution is -0.137. The smallest absolute Gasteiger partial charge is 0.334 e. The molecule has 0 bridgehead atoms. The van der Waals surface area contributed by atoms with Gasteiger partial charge in [-0.05, 0) is 12.1 Å². The number of benzene rings is 1. The van der Waals surface area contributed by atoms with Gasteiger partial charge in [0.1, 0.15) is 5.82 Å². The first-order valence-electron chi connectivity index (χ1n) is 4.63. The monoisotopic (exact) mass is 226 g/mol. The van der Waals surface area contributed by atoms with Crippen LogP contribution in [0.25, 0.3) is 11.4 Å². The number of hydrogen-bond donors (Lipinski definition) is 0. The molecule has 5 heteroatoms. The molecule has 0 saturated heterocycles. The summed E-state index contributed by atoms with van der Waals surface area (Å²) < 4.78 is 38.7. The van der Waals surface area contributed by atoms with E-state index in [9.17, 15) is 13.2 Å². The molecule has 1 aromatic carbocycles. The zero-order chi connectivity index (χ0) is 11.8. The maximum absolute atomic E-state index is 12.3. The van der Waals surface area contributed by atoms with Crippen LogP contribution in [-0.2, 0) is 13.2 Å². The summed E-state index contributed by atoms with van der Waals surface area (Å²) >= 11 is 0. The molecule has 2 rings (SSSR count). The summed E-state index contributed by atoms with van der Waals surface area (Å²) in [5.41, 5.74) is 0.0194. The Bertz CT molecular complexity index is 483. The number of halogens is 3. The van der Waals surface area contributed by atoms with Crippen LogP contribution in [-0.4, -0.2) is 9.55 Å². The minimum atomic E-state index is -4.29. The van der Waals surface area contributed by atoms with Gasteiger partial charge in [0.15, 0.2) is 0 Å². The van der Waals surface area contributed by atoms with Crippen molar-refractivity contribution in [1.29, 1.82) is 0 Å². The van der Waals surface area contributed by atoms with Crippen molar-refractivity contribution in [2.45, 2.75) is 6.18 Å². The molecule has 2 nitrogen and oxygen atoms in total. The van der Waals surface area contributed by atoms with E-state index >= 15 is 0 Å². The third-order valence-electron chi connectivity index (χ3n) is 2.29. The minimum Gasteiger partial charge on any atom is -0.334 e. The van der Waals surface area contributed by atoms with Crippen molar-refractivity contribution >= 4 is 0 Å². The lowest BCUT2D eigenvalue weighted by atomic mass is 10.1. The standard InChI is InChI=1S/C11H9F3N2/c1-16-7-6-15-10(16)8-2-4-9(5-3-8)11(12,13)14/h2-7H,1H3. The number of hydrogen-bond acceptors (Lipinski definition) is 1. The first-order chi connectivity index (χ1) is 7.48. The molecular formula is C11H9F3N2. The summed E-state index contributed by atoms with van der Waals surface area (Å²) in [7, 11) is 1.79. The van der Waals surface area contributed by atoms with Gasteiger partial charge in [-0.2, -0.15) is 13.2 Å². The summed E-state index contributed by atoms with van der Waals surface area (Å²) in [6.07, 6.45) is -0.944. The maximum atomic E-state index is 12.3. The molecule has 0 saturated carbocycles. The topological polar surface area (TPSA) is 17.8 Å². The first kappa shape index (κ1) is 10.7. The van der Waals surface area contributed by atoms with Crippen LogP contribution in [0, 0.1) is 0 Å². The van der Waals surface area contributed by atoms with Crippen molar-refractivity contribution in [2.75, 3.05) is 0 Å². The molecule has 0 aliphatic heterocycles. The Morgan fingerprint density at radius 3 is 2.19 bits per heavy atom. The molecule has 1 heterocycles. The second kappa shape index (κ2) is 3.66. The minimum absolute atomic E-state index is 0.647. The first-order valence-corrected chi connectivity index (χ1v) is 4.63. The van der Waals surface area contributed by atoms with E-state index in [4.69, 9.17) is 0 Å². The van der Waals surface area contributed by atoms with Crippen molar-refractivity contribution in [3.05, 3.63) is 42.2 Å². The molecule has 0 fully saturated rings. The van der Waals surface area contributed by atoms with Gasteiger partial charge in [-0.1, -0.05) is 12.1 Å². The Morgan fingerprint density at radius 1 is 1.12 bits per heavy atom. The predicted octanol–water partition coefficient (Wildman–Crippen LogP) is 3.11. The highest BCUT2D eigenvalue weighted by Crippen LogP contribution is 2.30. The van der Waals surface area contributed by atoms with Crippen LogP contribution in [0.15, 0.2) is 36.7 Å². The Balaban J connectivity index is 2.37. The van der Waals surface area contributed by atoms with Crippen LogP contribution in [0.4, 0.5) is 13.2 Å². The van der Waals surface area contributed by atoms with Crippen molar-refractivity contribution in [3.63, 3.8) is 0 Å². The average molecular weight is 226 g/mol. The van der Waals surface area contributed by atoms with Crippen molar-refractivity contribution in [3.8, 4) is 11.4 Å². The van der Waals surface area contributed by atoms with Crippen LogP contribution in [0.2, 0.25) is 0 Å². The van der Waals surface area contributed by atoms with Gasteiger partial charge in [-0.15, -0.1) is 0 Å². The number of nitrogens with zero attached hydrogens (tertiary/aromatic N) is 2. The van der Waals surface area contributed by atoms with Gasteiger partial charge in [0.25, 0.3) is 0 Å². The summed E-state index contributed by atoms with van der Waals surface area (Å²) in [4.78, 5) is 4.06. The van der Waals surface area contributed by atoms with Gasteiger partial charge in [0, 0.05) is 25.0 Å². The molecule has 2 aromatic rings. The van der Waals surface area contributed by atoms with Crippen LogP contribution in [0.5, 0.6) is 0 Å². The predicted molar refractivity (Wildman–Crippen MR) is 53.6 cm³/mol. The van der Waals surface area contributed by atoms with Crippen LogP contribution >= 0.6 is 0 Å². The van der Waals surface area contributed by atoms with E-state index in [0.717, 1.165) is 12.1 Å². The third-order valence-corrected chi connectivity index (χ3v) is 2.29. The quantitative estimate of drug-likeness (QED) is 0.730. The second-order valence-corrected chi connectivity index (χ2v) is 3.44. The van der Waals surface area contributed by atoms with E-state index in [2.05, 4.69) is 4.98 Å². The molecule has 0 aliphatic carbocycles. The van der Waals surface area contributed by atoms with Gasteiger partial charge < -0.3 is 4.57 Å². The highest BCUT2D eigenvalue weighted by Gasteiger charge is 2.30. The highest BCUT2D eigenvalue weighted by molar-refractivity contribution is 5.56. The summed E-state index contributed by atoms with van der Waals surface area (Å²) in [5.74, 6) is 0.647. The Hall–Kier alpha value is -1.78. The second-order valence-electron chi connectivity index (χ2n) is 3.44. The summed E-state index contributed by atoms with van der Waals surface area (Å²) in [6, 6.07) is 4.96. The lowest BCUT2D eigenvalue weighted by Crippen LogP contribution is -2.04. The third kappa shape index (κ3) is 1.93. The molecule has 1 aromatic heterocycles. The molecule has 0 amide bonds. The molecular weight excluding hydrogens is 217 g/mol. The number of alkyl halides is 3. The van der Waals surface area contributed by atoms with Crippen molar-refractivity contribution in [1.82, 2.24) is 9.55 Å². The Kier molecular flexibility index (Phi) is 2.46. The fourth-order valence-corrected chi connectivity index (χ4v) is 1.45. The van der Waals surface area contributed by atoms with E-state index in [1.807, 2.05) is 0 Å². The highest BCUT2D eigenvalue weighted by atomic mass is 19.4. The lowest BCUT2D eigenvalue weighted by Gasteiger charge is -2.07. The molecule has 0 radical (unpaired) electrons. The number of imidazole rings is 1. The molecule has 0 atom stereocenters. The SMILES string of the molecule is Cn1ccnc1-c1ccc(C(F)(F)F)cc1. The largest absolute Gasteiger partial charge is 0.416 e. The Morgan fingerprint density at radius 2 is 1.75 bits per heavy atom. The van der Waals surface area contributed by atoms with E-state index in [0.29, 0.717) is 11.4 Å². The number of aryl methyl sites for hydroxylation is 1. The van der Waals surface area contributed by atoms with Gasteiger partial charge in [0.2, 0.25) is 0 Å². The van der Waals surface area contributed by atoms with Gasteiger partial charge in [-0.3, -0.25) is 0 Å². The van der Waals surface area contributed by atoms with E-state index in [1.165, 1.54) is 12.1 Å². The molecule has 16 heavy (non-hydrogen) atoms. The van der Waals surface area contributed by atoms with E-state index in [-0.39, 0.29) is 0 Å². The van der Waals surface area contributed by atoms with Crippen LogP contribution in [0.1, 0.15) is 5.56 Å². The van der Waals surface area contributed by atoms with Gasteiger partial charge in [-0.25, -0.2) is 4.98 Å².